The van der Waals surface area contributed by atoms with Gasteiger partial charge in [0.25, 0.3) is 0 Å². The maximum atomic E-state index is 5.92. The van der Waals surface area contributed by atoms with Gasteiger partial charge in [0, 0.05) is 23.2 Å². The van der Waals surface area contributed by atoms with Crippen LogP contribution in [0.15, 0.2) is 12.1 Å². The molecule has 2 N–H and O–H groups in total. The lowest BCUT2D eigenvalue weighted by Gasteiger charge is -2.14. The molecule has 0 amide bonds. The van der Waals surface area contributed by atoms with Gasteiger partial charge in [0.15, 0.2) is 11.5 Å². The van der Waals surface area contributed by atoms with Gasteiger partial charge in [0.05, 0.1) is 13.7 Å². The summed E-state index contributed by atoms with van der Waals surface area (Å²) in [6.07, 6.45) is 0.940. The van der Waals surface area contributed by atoms with Crippen LogP contribution in [0.1, 0.15) is 18.9 Å². The number of halogens is 1. The summed E-state index contributed by atoms with van der Waals surface area (Å²) in [5, 5.41) is 0.608. The minimum atomic E-state index is 0.385. The number of nitrogens with two attached hydrogens (primary N) is 1. The summed E-state index contributed by atoms with van der Waals surface area (Å²) in [6.45, 7) is 3.07. The van der Waals surface area contributed by atoms with Crippen molar-refractivity contribution in [3.8, 4) is 11.5 Å². The third-order valence-electron chi connectivity index (χ3n) is 1.99. The Hall–Kier alpha value is -0.930. The SMILES string of the molecule is CCCOc1c(CN)cc(Cl)cc1OC. The van der Waals surface area contributed by atoms with Crippen molar-refractivity contribution in [3.63, 3.8) is 0 Å². The number of ether oxygens (including phenoxy) is 2. The Labute approximate surface area is 95.1 Å². The van der Waals surface area contributed by atoms with Crippen LogP contribution in [0, 0.1) is 0 Å². The second kappa shape index (κ2) is 5.83. The van der Waals surface area contributed by atoms with Crippen LogP contribution < -0.4 is 15.2 Å². The van der Waals surface area contributed by atoms with E-state index in [4.69, 9.17) is 26.8 Å². The molecule has 0 atom stereocenters. The smallest absolute Gasteiger partial charge is 0.165 e. The topological polar surface area (TPSA) is 44.5 Å². The zero-order valence-corrected chi connectivity index (χ0v) is 9.80. The summed E-state index contributed by atoms with van der Waals surface area (Å²) in [5.41, 5.74) is 6.49. The predicted molar refractivity (Wildman–Crippen MR) is 61.7 cm³/mol. The maximum absolute atomic E-state index is 5.92. The van der Waals surface area contributed by atoms with Crippen molar-refractivity contribution in [1.82, 2.24) is 0 Å². The Morgan fingerprint density at radius 3 is 2.67 bits per heavy atom. The van der Waals surface area contributed by atoms with E-state index in [1.807, 2.05) is 6.92 Å². The van der Waals surface area contributed by atoms with E-state index in [0.717, 1.165) is 12.0 Å². The minimum Gasteiger partial charge on any atom is -0.493 e. The Bertz CT molecular complexity index is 303. The van der Waals surface area contributed by atoms with E-state index in [1.54, 1.807) is 19.2 Å². The number of hydrogen-bond donors (Lipinski definition) is 1. The van der Waals surface area contributed by atoms with Crippen molar-refractivity contribution < 1.29 is 9.47 Å². The average molecular weight is 230 g/mol. The van der Waals surface area contributed by atoms with E-state index >= 15 is 0 Å². The molecule has 0 aliphatic heterocycles. The molecule has 1 rings (SSSR count). The first-order chi connectivity index (χ1) is 7.22. The van der Waals surface area contributed by atoms with Gasteiger partial charge in [-0.25, -0.2) is 0 Å². The molecule has 3 nitrogen and oxygen atoms in total. The maximum Gasteiger partial charge on any atom is 0.165 e. The first-order valence-corrected chi connectivity index (χ1v) is 5.30. The first kappa shape index (κ1) is 12.1. The molecule has 0 bridgehead atoms. The Kier molecular flexibility index (Phi) is 4.72. The van der Waals surface area contributed by atoms with Crippen molar-refractivity contribution in [2.24, 2.45) is 5.73 Å². The van der Waals surface area contributed by atoms with Gasteiger partial charge in [-0.05, 0) is 12.5 Å². The monoisotopic (exact) mass is 229 g/mol. The highest BCUT2D eigenvalue weighted by molar-refractivity contribution is 6.30. The summed E-state index contributed by atoms with van der Waals surface area (Å²) in [5.74, 6) is 1.34. The normalized spacial score (nSPS) is 10.1. The molecule has 0 aliphatic carbocycles. The van der Waals surface area contributed by atoms with Crippen LogP contribution in [-0.4, -0.2) is 13.7 Å². The van der Waals surface area contributed by atoms with Crippen molar-refractivity contribution in [1.29, 1.82) is 0 Å². The summed E-state index contributed by atoms with van der Waals surface area (Å²) in [7, 11) is 1.59. The highest BCUT2D eigenvalue weighted by Gasteiger charge is 2.11. The van der Waals surface area contributed by atoms with E-state index < -0.39 is 0 Å². The van der Waals surface area contributed by atoms with Gasteiger partial charge in [0.2, 0.25) is 0 Å². The molecule has 1 aromatic carbocycles. The summed E-state index contributed by atoms with van der Waals surface area (Å²) in [4.78, 5) is 0. The number of hydrogen-bond acceptors (Lipinski definition) is 3. The molecular weight excluding hydrogens is 214 g/mol. The van der Waals surface area contributed by atoms with Gasteiger partial charge < -0.3 is 15.2 Å². The fourth-order valence-electron chi connectivity index (χ4n) is 1.29. The molecule has 0 saturated carbocycles. The van der Waals surface area contributed by atoms with Crippen LogP contribution in [0.25, 0.3) is 0 Å². The molecule has 0 radical (unpaired) electrons. The van der Waals surface area contributed by atoms with Crippen LogP contribution in [0.5, 0.6) is 11.5 Å². The summed E-state index contributed by atoms with van der Waals surface area (Å²) in [6, 6.07) is 3.53. The van der Waals surface area contributed by atoms with Crippen molar-refractivity contribution in [2.45, 2.75) is 19.9 Å². The molecule has 84 valence electrons. The lowest BCUT2D eigenvalue weighted by atomic mass is 10.2. The Morgan fingerprint density at radius 1 is 1.40 bits per heavy atom. The van der Waals surface area contributed by atoms with Crippen LogP contribution in [0.4, 0.5) is 0 Å². The van der Waals surface area contributed by atoms with Crippen LogP contribution in [-0.2, 0) is 6.54 Å². The highest BCUT2D eigenvalue weighted by Crippen LogP contribution is 2.34. The van der Waals surface area contributed by atoms with E-state index in [0.29, 0.717) is 29.7 Å². The number of rotatable bonds is 5. The van der Waals surface area contributed by atoms with E-state index in [2.05, 4.69) is 0 Å². The van der Waals surface area contributed by atoms with E-state index in [9.17, 15) is 0 Å². The molecule has 1 aromatic rings. The Morgan fingerprint density at radius 2 is 2.13 bits per heavy atom. The van der Waals surface area contributed by atoms with Gasteiger partial charge >= 0.3 is 0 Å². The first-order valence-electron chi connectivity index (χ1n) is 4.92. The van der Waals surface area contributed by atoms with Crippen molar-refractivity contribution in [3.05, 3.63) is 22.7 Å². The van der Waals surface area contributed by atoms with Gasteiger partial charge in [0.1, 0.15) is 0 Å². The fraction of sp³-hybridized carbons (Fsp3) is 0.455. The number of benzene rings is 1. The molecule has 15 heavy (non-hydrogen) atoms. The van der Waals surface area contributed by atoms with Gasteiger partial charge in [-0.15, -0.1) is 0 Å². The largest absolute Gasteiger partial charge is 0.493 e. The van der Waals surface area contributed by atoms with Crippen LogP contribution in [0.3, 0.4) is 0 Å². The standard InChI is InChI=1S/C11H16ClNO2/c1-3-4-15-11-8(7-13)5-9(12)6-10(11)14-2/h5-6H,3-4,7,13H2,1-2H3. The third-order valence-corrected chi connectivity index (χ3v) is 2.21. The van der Waals surface area contributed by atoms with E-state index in [-0.39, 0.29) is 0 Å². The summed E-state index contributed by atoms with van der Waals surface area (Å²) >= 11 is 5.92. The third kappa shape index (κ3) is 3.01. The lowest BCUT2D eigenvalue weighted by molar-refractivity contribution is 0.291. The fourth-order valence-corrected chi connectivity index (χ4v) is 1.52. The molecule has 0 unspecified atom stereocenters. The molecule has 0 fully saturated rings. The molecular formula is C11H16ClNO2. The predicted octanol–water partition coefficient (Wildman–Crippen LogP) is 2.60. The zero-order chi connectivity index (χ0) is 11.3. The zero-order valence-electron chi connectivity index (χ0n) is 9.05. The minimum absolute atomic E-state index is 0.385. The number of methoxy groups -OCH3 is 1. The molecule has 0 aliphatic rings. The van der Waals surface area contributed by atoms with Crippen molar-refractivity contribution >= 4 is 11.6 Å². The van der Waals surface area contributed by atoms with E-state index in [1.165, 1.54) is 0 Å². The highest BCUT2D eigenvalue weighted by atomic mass is 35.5. The average Bonchev–Trinajstić information content (AvgIpc) is 2.26. The molecule has 0 spiro atoms. The van der Waals surface area contributed by atoms with Crippen molar-refractivity contribution in [2.75, 3.05) is 13.7 Å². The molecule has 0 heterocycles. The quantitative estimate of drug-likeness (QED) is 0.844. The second-order valence-electron chi connectivity index (χ2n) is 3.15. The summed E-state index contributed by atoms with van der Waals surface area (Å²) < 4.78 is 10.8. The molecule has 0 saturated heterocycles. The Balaban J connectivity index is 3.06. The van der Waals surface area contributed by atoms with Gasteiger partial charge in [-0.3, -0.25) is 0 Å². The van der Waals surface area contributed by atoms with Gasteiger partial charge in [-0.1, -0.05) is 18.5 Å². The van der Waals surface area contributed by atoms with Crippen LogP contribution >= 0.6 is 11.6 Å². The van der Waals surface area contributed by atoms with Gasteiger partial charge in [-0.2, -0.15) is 0 Å². The molecule has 4 heteroatoms. The van der Waals surface area contributed by atoms with Crippen LogP contribution in [0.2, 0.25) is 5.02 Å². The lowest BCUT2D eigenvalue weighted by Crippen LogP contribution is -2.05. The second-order valence-corrected chi connectivity index (χ2v) is 3.59. The molecule has 0 aromatic heterocycles.